The molecule has 0 saturated carbocycles. The van der Waals surface area contributed by atoms with Crippen molar-refractivity contribution < 1.29 is 19.3 Å². The lowest BCUT2D eigenvalue weighted by Crippen LogP contribution is -2.49. The van der Waals surface area contributed by atoms with Crippen molar-refractivity contribution in [2.24, 2.45) is 0 Å². The molecule has 0 amide bonds. The Morgan fingerprint density at radius 2 is 1.50 bits per heavy atom. The van der Waals surface area contributed by atoms with Crippen LogP contribution in [-0.4, -0.2) is 69.7 Å². The van der Waals surface area contributed by atoms with E-state index in [1.807, 2.05) is 24.3 Å². The van der Waals surface area contributed by atoms with Crippen molar-refractivity contribution in [1.82, 2.24) is 4.90 Å². The third-order valence-corrected chi connectivity index (χ3v) is 4.77. The van der Waals surface area contributed by atoms with Crippen LogP contribution in [0.5, 0.6) is 17.2 Å². The highest BCUT2D eigenvalue weighted by molar-refractivity contribution is 5.85. The molecule has 1 unspecified atom stereocenters. The summed E-state index contributed by atoms with van der Waals surface area (Å²) in [4.78, 5) is 4.64. The Bertz CT molecular complexity index is 687. The Morgan fingerprint density at radius 3 is 2.07 bits per heavy atom. The van der Waals surface area contributed by atoms with Gasteiger partial charge < -0.3 is 24.2 Å². The topological polar surface area (TPSA) is 54.4 Å². The summed E-state index contributed by atoms with van der Waals surface area (Å²) in [6, 6.07) is 15.9. The minimum atomic E-state index is -0.581. The monoisotopic (exact) mass is 408 g/mol. The Hall–Kier alpha value is -2.15. The number of ether oxygens (including phenoxy) is 3. The molecular weight excluding hydrogens is 380 g/mol. The Balaban J connectivity index is 0.00000280. The van der Waals surface area contributed by atoms with Crippen LogP contribution in [0.15, 0.2) is 48.5 Å². The van der Waals surface area contributed by atoms with Crippen molar-refractivity contribution in [3.8, 4) is 17.2 Å². The molecule has 2 aromatic carbocycles. The lowest BCUT2D eigenvalue weighted by Gasteiger charge is -2.36. The number of para-hydroxylation sites is 2. The molecule has 1 fully saturated rings. The van der Waals surface area contributed by atoms with Crippen molar-refractivity contribution in [2.45, 2.75) is 6.10 Å². The Labute approximate surface area is 173 Å². The minimum Gasteiger partial charge on any atom is -0.493 e. The number of anilines is 1. The summed E-state index contributed by atoms with van der Waals surface area (Å²) in [6.45, 7) is 4.53. The first kappa shape index (κ1) is 22.1. The van der Waals surface area contributed by atoms with Gasteiger partial charge >= 0.3 is 0 Å². The number of rotatable bonds is 8. The van der Waals surface area contributed by atoms with Crippen LogP contribution in [0.3, 0.4) is 0 Å². The normalized spacial score (nSPS) is 15.5. The summed E-state index contributed by atoms with van der Waals surface area (Å²) in [6.07, 6.45) is -0.581. The van der Waals surface area contributed by atoms with Gasteiger partial charge in [-0.15, -0.1) is 12.4 Å². The van der Waals surface area contributed by atoms with Crippen LogP contribution < -0.4 is 19.1 Å². The molecule has 0 radical (unpaired) electrons. The van der Waals surface area contributed by atoms with E-state index in [1.54, 1.807) is 14.2 Å². The van der Waals surface area contributed by atoms with Gasteiger partial charge in [-0.2, -0.15) is 0 Å². The molecule has 1 saturated heterocycles. The molecule has 0 bridgehead atoms. The molecule has 1 aliphatic heterocycles. The summed E-state index contributed by atoms with van der Waals surface area (Å²) in [5.41, 5.74) is 1.25. The van der Waals surface area contributed by atoms with Crippen molar-refractivity contribution >= 4 is 18.1 Å². The van der Waals surface area contributed by atoms with Crippen LogP contribution in [0.4, 0.5) is 5.69 Å². The van der Waals surface area contributed by atoms with Crippen LogP contribution in [0.2, 0.25) is 0 Å². The SMILES string of the molecule is COc1cccc(OC)c1OCC(O)CN1CCN(c2ccccc2)CC1.Cl. The molecule has 1 heterocycles. The Morgan fingerprint density at radius 1 is 0.893 bits per heavy atom. The number of aliphatic hydroxyl groups is 1. The second-order valence-corrected chi connectivity index (χ2v) is 6.58. The van der Waals surface area contributed by atoms with E-state index in [9.17, 15) is 5.11 Å². The van der Waals surface area contributed by atoms with E-state index in [0.717, 1.165) is 26.2 Å². The molecule has 1 N–H and O–H groups in total. The third-order valence-electron chi connectivity index (χ3n) is 4.77. The van der Waals surface area contributed by atoms with Gasteiger partial charge in [-0.25, -0.2) is 0 Å². The maximum atomic E-state index is 10.4. The van der Waals surface area contributed by atoms with E-state index in [1.165, 1.54) is 5.69 Å². The molecule has 1 atom stereocenters. The van der Waals surface area contributed by atoms with Gasteiger partial charge in [-0.1, -0.05) is 24.3 Å². The van der Waals surface area contributed by atoms with Gasteiger partial charge in [0.05, 0.1) is 14.2 Å². The maximum Gasteiger partial charge on any atom is 0.203 e. The fourth-order valence-corrected chi connectivity index (χ4v) is 3.32. The van der Waals surface area contributed by atoms with Crippen LogP contribution in [0.1, 0.15) is 0 Å². The average Bonchev–Trinajstić information content (AvgIpc) is 2.73. The summed E-state index contributed by atoms with van der Waals surface area (Å²) in [5.74, 6) is 1.71. The molecular formula is C21H29ClN2O4. The van der Waals surface area contributed by atoms with E-state index in [2.05, 4.69) is 34.1 Å². The minimum absolute atomic E-state index is 0. The highest BCUT2D eigenvalue weighted by Crippen LogP contribution is 2.36. The van der Waals surface area contributed by atoms with Gasteiger partial charge in [0.25, 0.3) is 0 Å². The van der Waals surface area contributed by atoms with Crippen LogP contribution in [-0.2, 0) is 0 Å². The molecule has 28 heavy (non-hydrogen) atoms. The second-order valence-electron chi connectivity index (χ2n) is 6.58. The predicted molar refractivity (Wildman–Crippen MR) is 113 cm³/mol. The average molecular weight is 409 g/mol. The molecule has 0 aromatic heterocycles. The fourth-order valence-electron chi connectivity index (χ4n) is 3.32. The van der Waals surface area contributed by atoms with Gasteiger partial charge in [-0.05, 0) is 24.3 Å². The van der Waals surface area contributed by atoms with Crippen molar-refractivity contribution in [3.05, 3.63) is 48.5 Å². The number of aliphatic hydroxyl groups excluding tert-OH is 1. The highest BCUT2D eigenvalue weighted by atomic mass is 35.5. The number of benzene rings is 2. The molecule has 154 valence electrons. The number of β-amino-alcohol motifs (C(OH)–C–C–N with tert-alkyl or cyclic N) is 1. The van der Waals surface area contributed by atoms with E-state index in [0.29, 0.717) is 23.8 Å². The maximum absolute atomic E-state index is 10.4. The highest BCUT2D eigenvalue weighted by Gasteiger charge is 2.20. The van der Waals surface area contributed by atoms with Crippen molar-refractivity contribution in [3.63, 3.8) is 0 Å². The van der Waals surface area contributed by atoms with E-state index in [-0.39, 0.29) is 19.0 Å². The van der Waals surface area contributed by atoms with E-state index >= 15 is 0 Å². The molecule has 0 spiro atoms. The van der Waals surface area contributed by atoms with Crippen molar-refractivity contribution in [1.29, 1.82) is 0 Å². The standard InChI is InChI=1S/C21H28N2O4.ClH/c1-25-19-9-6-10-20(26-2)21(19)27-16-18(24)15-22-11-13-23(14-12-22)17-7-4-3-5-8-17;/h3-10,18,24H,11-16H2,1-2H3;1H. The molecule has 7 heteroatoms. The van der Waals surface area contributed by atoms with Gasteiger partial charge in [0, 0.05) is 38.4 Å². The number of piperazine rings is 1. The lowest BCUT2D eigenvalue weighted by atomic mass is 10.2. The molecule has 0 aliphatic carbocycles. The fraction of sp³-hybridized carbons (Fsp3) is 0.429. The van der Waals surface area contributed by atoms with Crippen molar-refractivity contribution in [2.75, 3.05) is 58.5 Å². The quantitative estimate of drug-likeness (QED) is 0.724. The predicted octanol–water partition coefficient (Wildman–Crippen LogP) is 2.69. The smallest absolute Gasteiger partial charge is 0.203 e. The molecule has 6 nitrogen and oxygen atoms in total. The van der Waals surface area contributed by atoms with Gasteiger partial charge in [-0.3, -0.25) is 4.90 Å². The zero-order valence-corrected chi connectivity index (χ0v) is 17.2. The number of methoxy groups -OCH3 is 2. The van der Waals surface area contributed by atoms with Gasteiger partial charge in [0.2, 0.25) is 5.75 Å². The zero-order valence-electron chi connectivity index (χ0n) is 16.4. The number of halogens is 1. The number of hydrogen-bond acceptors (Lipinski definition) is 6. The summed E-state index contributed by atoms with van der Waals surface area (Å²) < 4.78 is 16.4. The molecule has 2 aromatic rings. The first-order valence-corrected chi connectivity index (χ1v) is 9.25. The van der Waals surface area contributed by atoms with E-state index < -0.39 is 6.10 Å². The molecule has 1 aliphatic rings. The number of hydrogen-bond donors (Lipinski definition) is 1. The zero-order chi connectivity index (χ0) is 19.1. The van der Waals surface area contributed by atoms with Gasteiger partial charge in [0.1, 0.15) is 12.7 Å². The molecule has 3 rings (SSSR count). The second kappa shape index (κ2) is 11.0. The van der Waals surface area contributed by atoms with Gasteiger partial charge in [0.15, 0.2) is 11.5 Å². The van der Waals surface area contributed by atoms with E-state index in [4.69, 9.17) is 14.2 Å². The lowest BCUT2D eigenvalue weighted by molar-refractivity contribution is 0.0643. The number of nitrogens with zero attached hydrogens (tertiary/aromatic N) is 2. The van der Waals surface area contributed by atoms with Crippen LogP contribution in [0.25, 0.3) is 0 Å². The third kappa shape index (κ3) is 5.67. The van der Waals surface area contributed by atoms with Crippen LogP contribution in [0, 0.1) is 0 Å². The largest absolute Gasteiger partial charge is 0.493 e. The summed E-state index contributed by atoms with van der Waals surface area (Å²) in [5, 5.41) is 10.4. The Kier molecular flexibility index (Phi) is 8.70. The van der Waals surface area contributed by atoms with Crippen LogP contribution >= 0.6 is 12.4 Å². The first-order valence-electron chi connectivity index (χ1n) is 9.25. The summed E-state index contributed by atoms with van der Waals surface area (Å²) in [7, 11) is 3.18. The summed E-state index contributed by atoms with van der Waals surface area (Å²) >= 11 is 0. The first-order chi connectivity index (χ1) is 13.2.